The van der Waals surface area contributed by atoms with Gasteiger partial charge in [0.25, 0.3) is 0 Å². The molecule has 0 aromatic carbocycles. The van der Waals surface area contributed by atoms with E-state index in [0.717, 1.165) is 63.7 Å². The van der Waals surface area contributed by atoms with E-state index in [2.05, 4.69) is 13.8 Å². The van der Waals surface area contributed by atoms with Crippen LogP contribution in [-0.4, -0.2) is 12.9 Å². The molecule has 2 aliphatic rings. The molecular formula is C20H38F4. The maximum atomic E-state index is 12.3. The zero-order chi connectivity index (χ0) is 18.5. The average molecular weight is 355 g/mol. The van der Waals surface area contributed by atoms with E-state index in [0.29, 0.717) is 5.92 Å². The molecule has 1 atom stereocenters. The summed E-state index contributed by atoms with van der Waals surface area (Å²) in [4.78, 5) is 0. The standard InChI is InChI=1S/C11H20F2.C7H12F2.C2H6/c1-3-8(2)9-4-6-10(7-5-9)11(12)13;8-7(9)6-4-2-1-3-5-6;1-2/h8-11H,3-7H2,1-2H3;6-7H,1-5H2;1-2H3. The molecule has 0 aromatic rings. The highest BCUT2D eigenvalue weighted by molar-refractivity contribution is 4.76. The van der Waals surface area contributed by atoms with Crippen molar-refractivity contribution < 1.29 is 17.6 Å². The highest BCUT2D eigenvalue weighted by Crippen LogP contribution is 2.36. The average Bonchev–Trinajstić information content (AvgIpc) is 2.64. The molecule has 2 fully saturated rings. The van der Waals surface area contributed by atoms with Crippen LogP contribution in [0.15, 0.2) is 0 Å². The number of rotatable bonds is 4. The Morgan fingerprint density at radius 3 is 1.38 bits per heavy atom. The summed E-state index contributed by atoms with van der Waals surface area (Å²) >= 11 is 0. The number of hydrogen-bond donors (Lipinski definition) is 0. The van der Waals surface area contributed by atoms with E-state index in [4.69, 9.17) is 0 Å². The minimum Gasteiger partial charge on any atom is -0.210 e. The van der Waals surface area contributed by atoms with Gasteiger partial charge in [-0.15, -0.1) is 0 Å². The normalized spacial score (nSPS) is 26.2. The first-order valence-corrected chi connectivity index (χ1v) is 10.0. The molecule has 0 spiro atoms. The Labute approximate surface area is 146 Å². The second-order valence-corrected chi connectivity index (χ2v) is 7.13. The Morgan fingerprint density at radius 2 is 1.04 bits per heavy atom. The summed E-state index contributed by atoms with van der Waals surface area (Å²) in [5, 5.41) is 0. The van der Waals surface area contributed by atoms with E-state index in [-0.39, 0.29) is 11.8 Å². The lowest BCUT2D eigenvalue weighted by Crippen LogP contribution is -2.23. The summed E-state index contributed by atoms with van der Waals surface area (Å²) in [6.07, 6.45) is 5.23. The fraction of sp³-hybridized carbons (Fsp3) is 1.00. The molecule has 0 bridgehead atoms. The van der Waals surface area contributed by atoms with E-state index in [1.165, 1.54) is 6.42 Å². The second-order valence-electron chi connectivity index (χ2n) is 7.13. The molecular weight excluding hydrogens is 316 g/mol. The van der Waals surface area contributed by atoms with Gasteiger partial charge < -0.3 is 0 Å². The van der Waals surface area contributed by atoms with E-state index >= 15 is 0 Å². The first-order valence-electron chi connectivity index (χ1n) is 10.0. The number of alkyl halides is 4. The highest BCUT2D eigenvalue weighted by Gasteiger charge is 2.29. The monoisotopic (exact) mass is 354 g/mol. The summed E-state index contributed by atoms with van der Waals surface area (Å²) in [6, 6.07) is 0. The van der Waals surface area contributed by atoms with Gasteiger partial charge in [-0.05, 0) is 50.4 Å². The third kappa shape index (κ3) is 9.27. The van der Waals surface area contributed by atoms with Gasteiger partial charge in [0, 0.05) is 11.8 Å². The molecule has 0 amide bonds. The SMILES string of the molecule is CC.CCC(C)C1CCC(C(F)F)CC1.FC(F)C1CCCCC1. The van der Waals surface area contributed by atoms with E-state index in [9.17, 15) is 17.6 Å². The zero-order valence-electron chi connectivity index (χ0n) is 16.0. The van der Waals surface area contributed by atoms with Crippen molar-refractivity contribution in [3.63, 3.8) is 0 Å². The van der Waals surface area contributed by atoms with Crippen molar-refractivity contribution in [2.75, 3.05) is 0 Å². The lowest BCUT2D eigenvalue weighted by Gasteiger charge is -2.31. The molecule has 0 aromatic heterocycles. The van der Waals surface area contributed by atoms with Gasteiger partial charge in [-0.25, -0.2) is 17.6 Å². The maximum Gasteiger partial charge on any atom is 0.241 e. The molecule has 1 unspecified atom stereocenters. The molecule has 146 valence electrons. The summed E-state index contributed by atoms with van der Waals surface area (Å²) in [5.41, 5.74) is 0. The van der Waals surface area contributed by atoms with Crippen LogP contribution in [0.25, 0.3) is 0 Å². The minimum absolute atomic E-state index is 0.279. The third-order valence-electron chi connectivity index (χ3n) is 5.63. The molecule has 0 aliphatic heterocycles. The highest BCUT2D eigenvalue weighted by atomic mass is 19.3. The first-order chi connectivity index (χ1) is 11.5. The van der Waals surface area contributed by atoms with Crippen LogP contribution in [-0.2, 0) is 0 Å². The Balaban J connectivity index is 0.000000420. The Hall–Kier alpha value is -0.280. The van der Waals surface area contributed by atoms with Gasteiger partial charge in [0.05, 0.1) is 0 Å². The second kappa shape index (κ2) is 13.9. The summed E-state index contributed by atoms with van der Waals surface area (Å²) in [7, 11) is 0. The quantitative estimate of drug-likeness (QED) is 0.449. The molecule has 2 rings (SSSR count). The molecule has 24 heavy (non-hydrogen) atoms. The topological polar surface area (TPSA) is 0 Å². The lowest BCUT2D eigenvalue weighted by molar-refractivity contribution is 0.0400. The summed E-state index contributed by atoms with van der Waals surface area (Å²) < 4.78 is 48.5. The summed E-state index contributed by atoms with van der Waals surface area (Å²) in [6.45, 7) is 8.43. The molecule has 0 heterocycles. The molecule has 0 saturated heterocycles. The van der Waals surface area contributed by atoms with Gasteiger partial charge in [0.1, 0.15) is 0 Å². The molecule has 2 saturated carbocycles. The maximum absolute atomic E-state index is 12.3. The molecule has 2 aliphatic carbocycles. The predicted molar refractivity (Wildman–Crippen MR) is 94.8 cm³/mol. The first kappa shape index (κ1) is 23.7. The van der Waals surface area contributed by atoms with Gasteiger partial charge in [0.15, 0.2) is 0 Å². The van der Waals surface area contributed by atoms with Crippen LogP contribution in [0.4, 0.5) is 17.6 Å². The Bertz CT molecular complexity index is 267. The molecule has 4 heteroatoms. The van der Waals surface area contributed by atoms with Crippen molar-refractivity contribution in [3.8, 4) is 0 Å². The largest absolute Gasteiger partial charge is 0.241 e. The van der Waals surface area contributed by atoms with Crippen LogP contribution in [0.2, 0.25) is 0 Å². The van der Waals surface area contributed by atoms with Gasteiger partial charge in [-0.3, -0.25) is 0 Å². The van der Waals surface area contributed by atoms with Gasteiger partial charge in [-0.1, -0.05) is 53.4 Å². The summed E-state index contributed by atoms with van der Waals surface area (Å²) in [5.74, 6) is 0.845. The number of halogens is 4. The van der Waals surface area contributed by atoms with Crippen LogP contribution in [0.5, 0.6) is 0 Å². The van der Waals surface area contributed by atoms with Crippen LogP contribution >= 0.6 is 0 Å². The van der Waals surface area contributed by atoms with Crippen molar-refractivity contribution in [2.45, 2.75) is 105 Å². The zero-order valence-corrected chi connectivity index (χ0v) is 16.0. The predicted octanol–water partition coefficient (Wildman–Crippen LogP) is 7.96. The van der Waals surface area contributed by atoms with Crippen molar-refractivity contribution in [1.29, 1.82) is 0 Å². The van der Waals surface area contributed by atoms with Crippen LogP contribution in [0, 0.1) is 23.7 Å². The van der Waals surface area contributed by atoms with Crippen molar-refractivity contribution >= 4 is 0 Å². The van der Waals surface area contributed by atoms with Crippen LogP contribution < -0.4 is 0 Å². The van der Waals surface area contributed by atoms with Crippen molar-refractivity contribution in [3.05, 3.63) is 0 Å². The fourth-order valence-electron chi connectivity index (χ4n) is 3.69. The fourth-order valence-corrected chi connectivity index (χ4v) is 3.69. The third-order valence-corrected chi connectivity index (χ3v) is 5.63. The van der Waals surface area contributed by atoms with Gasteiger partial charge in [0.2, 0.25) is 12.9 Å². The van der Waals surface area contributed by atoms with E-state index in [1.807, 2.05) is 13.8 Å². The number of hydrogen-bond acceptors (Lipinski definition) is 0. The molecule has 0 nitrogen and oxygen atoms in total. The lowest BCUT2D eigenvalue weighted by atomic mass is 9.76. The van der Waals surface area contributed by atoms with E-state index in [1.54, 1.807) is 0 Å². The van der Waals surface area contributed by atoms with Gasteiger partial charge >= 0.3 is 0 Å². The van der Waals surface area contributed by atoms with Gasteiger partial charge in [-0.2, -0.15) is 0 Å². The molecule has 0 N–H and O–H groups in total. The van der Waals surface area contributed by atoms with Crippen molar-refractivity contribution in [2.24, 2.45) is 23.7 Å². The van der Waals surface area contributed by atoms with Crippen LogP contribution in [0.1, 0.15) is 91.9 Å². The molecule has 0 radical (unpaired) electrons. The Morgan fingerprint density at radius 1 is 0.667 bits per heavy atom. The van der Waals surface area contributed by atoms with E-state index < -0.39 is 12.9 Å². The Kier molecular flexibility index (Phi) is 13.8. The minimum atomic E-state index is -2.09. The smallest absolute Gasteiger partial charge is 0.210 e. The van der Waals surface area contributed by atoms with Crippen molar-refractivity contribution in [1.82, 2.24) is 0 Å². The van der Waals surface area contributed by atoms with Crippen LogP contribution in [0.3, 0.4) is 0 Å².